The summed E-state index contributed by atoms with van der Waals surface area (Å²) in [4.78, 5) is 2.52. The summed E-state index contributed by atoms with van der Waals surface area (Å²) in [5, 5.41) is 2.62. The minimum atomic E-state index is -0.105. The van der Waals surface area contributed by atoms with Crippen molar-refractivity contribution < 1.29 is 0 Å². The van der Waals surface area contributed by atoms with Crippen LogP contribution in [0.3, 0.4) is 0 Å². The third-order valence-electron chi connectivity index (χ3n) is 13.9. The van der Waals surface area contributed by atoms with E-state index >= 15 is 0 Å². The van der Waals surface area contributed by atoms with Crippen LogP contribution in [0.5, 0.6) is 0 Å². The van der Waals surface area contributed by atoms with Gasteiger partial charge < -0.3 is 4.90 Å². The second kappa shape index (κ2) is 13.8. The number of rotatable bonds is 6. The van der Waals surface area contributed by atoms with Gasteiger partial charge in [0.25, 0.3) is 0 Å². The van der Waals surface area contributed by atoms with Gasteiger partial charge in [0.1, 0.15) is 0 Å². The first kappa shape index (κ1) is 36.8. The maximum absolute atomic E-state index is 2.52. The van der Waals surface area contributed by atoms with Crippen LogP contribution in [0.25, 0.3) is 75.8 Å². The van der Waals surface area contributed by atoms with Crippen molar-refractivity contribution in [1.82, 2.24) is 0 Å². The summed E-state index contributed by atoms with van der Waals surface area (Å²) >= 11 is 1.89. The molecule has 0 atom stereocenters. The molecular weight excluding hydrogens is 767 g/mol. The topological polar surface area (TPSA) is 3.24 Å². The first-order valence-electron chi connectivity index (χ1n) is 21.8. The van der Waals surface area contributed by atoms with Crippen LogP contribution < -0.4 is 4.90 Å². The van der Waals surface area contributed by atoms with Crippen molar-refractivity contribution in [2.45, 2.75) is 38.5 Å². The molecule has 2 aliphatic carbocycles. The predicted molar refractivity (Wildman–Crippen MR) is 265 cm³/mol. The lowest BCUT2D eigenvalue weighted by atomic mass is 9.82. The molecule has 0 saturated heterocycles. The second-order valence-corrected chi connectivity index (χ2v) is 19.1. The fourth-order valence-electron chi connectivity index (χ4n) is 10.9. The Kier molecular flexibility index (Phi) is 8.17. The molecular formula is C60H45NS. The van der Waals surface area contributed by atoms with Gasteiger partial charge in [0, 0.05) is 47.8 Å². The van der Waals surface area contributed by atoms with Crippen molar-refractivity contribution in [2.75, 3.05) is 4.90 Å². The molecule has 2 aliphatic rings. The van der Waals surface area contributed by atoms with E-state index in [0.717, 1.165) is 17.1 Å². The van der Waals surface area contributed by atoms with Crippen molar-refractivity contribution in [1.29, 1.82) is 0 Å². The number of fused-ring (bicyclic) bond motifs is 9. The molecule has 2 heteroatoms. The van der Waals surface area contributed by atoms with Crippen molar-refractivity contribution in [3.8, 4) is 55.6 Å². The average Bonchev–Trinajstić information content (AvgIpc) is 3.89. The van der Waals surface area contributed by atoms with E-state index in [1.165, 1.54) is 98.1 Å². The minimum Gasteiger partial charge on any atom is -0.309 e. The molecule has 0 radical (unpaired) electrons. The number of nitrogens with zero attached hydrogens (tertiary/aromatic N) is 1. The monoisotopic (exact) mass is 811 g/mol. The van der Waals surface area contributed by atoms with Gasteiger partial charge in [0.05, 0.1) is 11.4 Å². The number of anilines is 3. The van der Waals surface area contributed by atoms with E-state index in [2.05, 4.69) is 233 Å². The molecule has 0 bridgehead atoms. The van der Waals surface area contributed by atoms with Crippen LogP contribution >= 0.6 is 11.3 Å². The average molecular weight is 812 g/mol. The first-order chi connectivity index (χ1) is 30.3. The molecule has 62 heavy (non-hydrogen) atoms. The quantitative estimate of drug-likeness (QED) is 0.162. The summed E-state index contributed by atoms with van der Waals surface area (Å²) < 4.78 is 2.64. The maximum Gasteiger partial charge on any atom is 0.0540 e. The van der Waals surface area contributed by atoms with E-state index in [9.17, 15) is 0 Å². The zero-order valence-electron chi connectivity index (χ0n) is 35.4. The zero-order chi connectivity index (χ0) is 41.7. The SMILES string of the molecule is CC1(C)c2ccccc2-c2cc(-c3ccccc3N(c3cccc(-c4cccc5c4sc4ccccc45)c3)c3ccccc3-c3cccc4c3-c3ccccc3C4(C)C)ccc21. The largest absolute Gasteiger partial charge is 0.309 e. The van der Waals surface area contributed by atoms with E-state index in [4.69, 9.17) is 0 Å². The fraction of sp³-hybridized carbons (Fsp3) is 0.100. The third-order valence-corrected chi connectivity index (χ3v) is 15.1. The molecule has 0 fully saturated rings. The Hall–Kier alpha value is -7.00. The highest BCUT2D eigenvalue weighted by Gasteiger charge is 2.38. The van der Waals surface area contributed by atoms with Crippen LogP contribution in [0.2, 0.25) is 0 Å². The molecule has 0 amide bonds. The summed E-state index contributed by atoms with van der Waals surface area (Å²) in [5.41, 5.74) is 21.4. The highest BCUT2D eigenvalue weighted by molar-refractivity contribution is 7.26. The van der Waals surface area contributed by atoms with E-state index in [1.807, 2.05) is 11.3 Å². The molecule has 1 heterocycles. The zero-order valence-corrected chi connectivity index (χ0v) is 36.2. The summed E-state index contributed by atoms with van der Waals surface area (Å²) in [6, 6.07) is 74.8. The Morgan fingerprint density at radius 3 is 1.71 bits per heavy atom. The maximum atomic E-state index is 2.52. The van der Waals surface area contributed by atoms with Crippen molar-refractivity contribution >= 4 is 48.6 Å². The smallest absolute Gasteiger partial charge is 0.0540 e. The highest BCUT2D eigenvalue weighted by atomic mass is 32.1. The van der Waals surface area contributed by atoms with E-state index < -0.39 is 0 Å². The number of para-hydroxylation sites is 2. The molecule has 10 aromatic rings. The molecule has 1 nitrogen and oxygen atoms in total. The lowest BCUT2D eigenvalue weighted by molar-refractivity contribution is 0.660. The van der Waals surface area contributed by atoms with Gasteiger partial charge in [0.2, 0.25) is 0 Å². The molecule has 1 aromatic heterocycles. The predicted octanol–water partition coefficient (Wildman–Crippen LogP) is 17.1. The van der Waals surface area contributed by atoms with Gasteiger partial charge in [-0.15, -0.1) is 11.3 Å². The number of benzene rings is 9. The Morgan fingerprint density at radius 2 is 0.887 bits per heavy atom. The lowest BCUT2D eigenvalue weighted by Crippen LogP contribution is -2.15. The fourth-order valence-corrected chi connectivity index (χ4v) is 12.1. The Bertz CT molecular complexity index is 3430. The molecule has 0 unspecified atom stereocenters. The van der Waals surface area contributed by atoms with Crippen LogP contribution in [-0.2, 0) is 10.8 Å². The van der Waals surface area contributed by atoms with Gasteiger partial charge in [-0.25, -0.2) is 0 Å². The number of thiophene rings is 1. The lowest BCUT2D eigenvalue weighted by Gasteiger charge is -2.31. The molecule has 0 aliphatic heterocycles. The van der Waals surface area contributed by atoms with Crippen LogP contribution in [-0.4, -0.2) is 0 Å². The van der Waals surface area contributed by atoms with Crippen LogP contribution in [0.15, 0.2) is 200 Å². The summed E-state index contributed by atoms with van der Waals surface area (Å²) in [5.74, 6) is 0. The summed E-state index contributed by atoms with van der Waals surface area (Å²) in [7, 11) is 0. The third kappa shape index (κ3) is 5.39. The molecule has 0 spiro atoms. The Morgan fingerprint density at radius 1 is 0.355 bits per heavy atom. The van der Waals surface area contributed by atoms with Gasteiger partial charge in [-0.2, -0.15) is 0 Å². The Balaban J connectivity index is 1.10. The van der Waals surface area contributed by atoms with Gasteiger partial charge in [0.15, 0.2) is 0 Å². The molecule has 0 saturated carbocycles. The number of hydrogen-bond donors (Lipinski definition) is 0. The van der Waals surface area contributed by atoms with Gasteiger partial charge >= 0.3 is 0 Å². The highest BCUT2D eigenvalue weighted by Crippen LogP contribution is 2.55. The normalized spacial score (nSPS) is 14.1. The van der Waals surface area contributed by atoms with Gasteiger partial charge in [-0.1, -0.05) is 191 Å². The second-order valence-electron chi connectivity index (χ2n) is 18.0. The van der Waals surface area contributed by atoms with Crippen LogP contribution in [0.4, 0.5) is 17.1 Å². The van der Waals surface area contributed by atoms with E-state index in [-0.39, 0.29) is 10.8 Å². The van der Waals surface area contributed by atoms with E-state index in [1.54, 1.807) is 0 Å². The Labute approximate surface area is 368 Å². The van der Waals surface area contributed by atoms with Crippen LogP contribution in [0, 0.1) is 0 Å². The van der Waals surface area contributed by atoms with Crippen molar-refractivity contribution in [3.05, 3.63) is 222 Å². The summed E-state index contributed by atoms with van der Waals surface area (Å²) in [6.45, 7) is 9.45. The summed E-state index contributed by atoms with van der Waals surface area (Å²) in [6.07, 6.45) is 0. The van der Waals surface area contributed by atoms with E-state index in [0.29, 0.717) is 0 Å². The standard InChI is InChI=1S/C60H45NS/c1-59(2)50-28-10-5-21-43(50)49-37-39(34-35-52(49)59)41-20-7-12-31-54(41)61(40-19-15-18-38(36-40)42-25-16-27-47-45-23-9-14-33-56(45)62-58(42)47)55-32-13-8-22-44(55)46-26-17-30-53-57(46)48-24-6-11-29-51(48)60(53,3)4/h5-37H,1-4H3. The first-order valence-corrected chi connectivity index (χ1v) is 22.6. The molecule has 12 rings (SSSR count). The number of hydrogen-bond acceptors (Lipinski definition) is 2. The molecule has 0 N–H and O–H groups in total. The van der Waals surface area contributed by atoms with Gasteiger partial charge in [-0.05, 0) is 103 Å². The molecule has 296 valence electrons. The van der Waals surface area contributed by atoms with Gasteiger partial charge in [-0.3, -0.25) is 0 Å². The van der Waals surface area contributed by atoms with Crippen molar-refractivity contribution in [3.63, 3.8) is 0 Å². The molecule has 9 aromatic carbocycles. The minimum absolute atomic E-state index is 0.0597. The van der Waals surface area contributed by atoms with Crippen LogP contribution in [0.1, 0.15) is 49.9 Å². The van der Waals surface area contributed by atoms with Crippen molar-refractivity contribution in [2.24, 2.45) is 0 Å².